The van der Waals surface area contributed by atoms with E-state index < -0.39 is 0 Å². The van der Waals surface area contributed by atoms with Gasteiger partial charge in [-0.15, -0.1) is 0 Å². The van der Waals surface area contributed by atoms with Crippen LogP contribution in [0.1, 0.15) is 51.3 Å². The summed E-state index contributed by atoms with van der Waals surface area (Å²) in [5.41, 5.74) is 8.25. The van der Waals surface area contributed by atoms with Crippen molar-refractivity contribution in [3.05, 3.63) is 24.0 Å². The molecule has 1 fully saturated rings. The topological polar surface area (TPSA) is 42.1 Å². The first-order valence-corrected chi connectivity index (χ1v) is 7.21. The highest BCUT2D eigenvalue weighted by molar-refractivity contribution is 5.45. The predicted molar refractivity (Wildman–Crippen MR) is 76.7 cm³/mol. The number of rotatable bonds is 4. The molecule has 3 heteroatoms. The zero-order valence-electron chi connectivity index (χ0n) is 11.6. The summed E-state index contributed by atoms with van der Waals surface area (Å²) in [4.78, 5) is 6.97. The summed E-state index contributed by atoms with van der Waals surface area (Å²) in [7, 11) is 0. The molecule has 1 aromatic heterocycles. The molecule has 3 nitrogen and oxygen atoms in total. The standard InChI is InChI=1S/C15H25N3/c1-3-12-6-5-9-18(11-12)13-7-8-15(17-10-13)14(16)4-2/h7-8,10,12,14H,3-6,9,11,16H2,1-2H3/t12?,14-/m0/s1. The van der Waals surface area contributed by atoms with Crippen molar-refractivity contribution in [1.29, 1.82) is 0 Å². The van der Waals surface area contributed by atoms with Gasteiger partial charge >= 0.3 is 0 Å². The van der Waals surface area contributed by atoms with Crippen LogP contribution in [0.4, 0.5) is 5.69 Å². The van der Waals surface area contributed by atoms with Crippen LogP contribution in [0.3, 0.4) is 0 Å². The number of nitrogens with zero attached hydrogens (tertiary/aromatic N) is 2. The van der Waals surface area contributed by atoms with Gasteiger partial charge in [0.05, 0.1) is 17.6 Å². The molecule has 0 radical (unpaired) electrons. The molecule has 2 heterocycles. The van der Waals surface area contributed by atoms with E-state index in [1.807, 2.05) is 6.20 Å². The SMILES string of the molecule is CCC1CCCN(c2ccc([C@@H](N)CC)nc2)C1. The summed E-state index contributed by atoms with van der Waals surface area (Å²) in [6, 6.07) is 4.33. The summed E-state index contributed by atoms with van der Waals surface area (Å²) in [5, 5.41) is 0. The maximum absolute atomic E-state index is 5.99. The average Bonchev–Trinajstić information content (AvgIpc) is 2.46. The van der Waals surface area contributed by atoms with Crippen LogP contribution < -0.4 is 10.6 Å². The van der Waals surface area contributed by atoms with Gasteiger partial charge in [0.25, 0.3) is 0 Å². The molecule has 100 valence electrons. The predicted octanol–water partition coefficient (Wildman–Crippen LogP) is 3.12. The van der Waals surface area contributed by atoms with E-state index >= 15 is 0 Å². The Bertz CT molecular complexity index is 361. The van der Waals surface area contributed by atoms with Crippen LogP contribution in [-0.4, -0.2) is 18.1 Å². The van der Waals surface area contributed by atoms with Gasteiger partial charge in [0.2, 0.25) is 0 Å². The maximum Gasteiger partial charge on any atom is 0.0572 e. The van der Waals surface area contributed by atoms with E-state index in [2.05, 4.69) is 35.9 Å². The van der Waals surface area contributed by atoms with Gasteiger partial charge in [-0.3, -0.25) is 4.98 Å². The van der Waals surface area contributed by atoms with Gasteiger partial charge in [0, 0.05) is 19.1 Å². The second-order valence-electron chi connectivity index (χ2n) is 5.32. The molecular formula is C15H25N3. The highest BCUT2D eigenvalue weighted by atomic mass is 15.1. The van der Waals surface area contributed by atoms with E-state index in [4.69, 9.17) is 5.73 Å². The van der Waals surface area contributed by atoms with E-state index in [-0.39, 0.29) is 6.04 Å². The number of hydrogen-bond donors (Lipinski definition) is 1. The fraction of sp³-hybridized carbons (Fsp3) is 0.667. The molecule has 1 aromatic rings. The Morgan fingerprint density at radius 1 is 1.44 bits per heavy atom. The first-order chi connectivity index (χ1) is 8.74. The van der Waals surface area contributed by atoms with E-state index in [0.29, 0.717) is 0 Å². The third-order valence-electron chi connectivity index (χ3n) is 4.05. The minimum Gasteiger partial charge on any atom is -0.370 e. The summed E-state index contributed by atoms with van der Waals surface area (Å²) in [6.45, 7) is 6.72. The van der Waals surface area contributed by atoms with Crippen molar-refractivity contribution in [2.45, 2.75) is 45.6 Å². The Hall–Kier alpha value is -1.09. The molecule has 18 heavy (non-hydrogen) atoms. The van der Waals surface area contributed by atoms with Crippen molar-refractivity contribution in [2.24, 2.45) is 11.7 Å². The highest BCUT2D eigenvalue weighted by Gasteiger charge is 2.19. The molecule has 1 unspecified atom stereocenters. The molecule has 0 aromatic carbocycles. The van der Waals surface area contributed by atoms with Crippen LogP contribution in [0, 0.1) is 5.92 Å². The monoisotopic (exact) mass is 247 g/mol. The Labute approximate surface area is 110 Å². The van der Waals surface area contributed by atoms with Gasteiger partial charge in [-0.1, -0.05) is 20.3 Å². The molecule has 1 aliphatic rings. The van der Waals surface area contributed by atoms with Crippen molar-refractivity contribution in [2.75, 3.05) is 18.0 Å². The van der Waals surface area contributed by atoms with Gasteiger partial charge in [-0.05, 0) is 37.3 Å². The average molecular weight is 247 g/mol. The fourth-order valence-corrected chi connectivity index (χ4v) is 2.65. The second-order valence-corrected chi connectivity index (χ2v) is 5.32. The quantitative estimate of drug-likeness (QED) is 0.889. The summed E-state index contributed by atoms with van der Waals surface area (Å²) >= 11 is 0. The van der Waals surface area contributed by atoms with Gasteiger partial charge in [-0.2, -0.15) is 0 Å². The second kappa shape index (κ2) is 6.19. The molecule has 0 aliphatic carbocycles. The van der Waals surface area contributed by atoms with Crippen molar-refractivity contribution in [3.8, 4) is 0 Å². The lowest BCUT2D eigenvalue weighted by molar-refractivity contribution is 0.404. The Morgan fingerprint density at radius 3 is 2.89 bits per heavy atom. The summed E-state index contributed by atoms with van der Waals surface area (Å²) in [6.07, 6.45) is 6.88. The molecule has 0 saturated carbocycles. The van der Waals surface area contributed by atoms with Gasteiger partial charge in [0.15, 0.2) is 0 Å². The van der Waals surface area contributed by atoms with E-state index in [0.717, 1.165) is 24.6 Å². The van der Waals surface area contributed by atoms with Crippen LogP contribution in [0.15, 0.2) is 18.3 Å². The van der Waals surface area contributed by atoms with Crippen molar-refractivity contribution < 1.29 is 0 Å². The highest BCUT2D eigenvalue weighted by Crippen LogP contribution is 2.25. The lowest BCUT2D eigenvalue weighted by Crippen LogP contribution is -2.35. The van der Waals surface area contributed by atoms with Gasteiger partial charge < -0.3 is 10.6 Å². The maximum atomic E-state index is 5.99. The molecule has 2 rings (SSSR count). The molecule has 0 amide bonds. The van der Waals surface area contributed by atoms with E-state index in [1.165, 1.54) is 31.5 Å². The zero-order valence-corrected chi connectivity index (χ0v) is 11.6. The third kappa shape index (κ3) is 3.02. The number of hydrogen-bond acceptors (Lipinski definition) is 3. The van der Waals surface area contributed by atoms with Crippen LogP contribution in [0.2, 0.25) is 0 Å². The lowest BCUT2D eigenvalue weighted by atomic mass is 9.95. The van der Waals surface area contributed by atoms with Crippen LogP contribution in [0.5, 0.6) is 0 Å². The smallest absolute Gasteiger partial charge is 0.0572 e. The molecule has 2 atom stereocenters. The normalized spacial score (nSPS) is 21.9. The summed E-state index contributed by atoms with van der Waals surface area (Å²) < 4.78 is 0. The van der Waals surface area contributed by atoms with Crippen molar-refractivity contribution in [1.82, 2.24) is 4.98 Å². The zero-order chi connectivity index (χ0) is 13.0. The minimum absolute atomic E-state index is 0.0730. The number of piperidine rings is 1. The summed E-state index contributed by atoms with van der Waals surface area (Å²) in [5.74, 6) is 0.844. The molecule has 2 N–H and O–H groups in total. The van der Waals surface area contributed by atoms with Crippen LogP contribution in [0.25, 0.3) is 0 Å². The van der Waals surface area contributed by atoms with Gasteiger partial charge in [-0.25, -0.2) is 0 Å². The number of anilines is 1. The first kappa shape index (κ1) is 13.3. The Balaban J connectivity index is 2.04. The molecule has 0 spiro atoms. The molecular weight excluding hydrogens is 222 g/mol. The first-order valence-electron chi connectivity index (χ1n) is 7.21. The number of aromatic nitrogens is 1. The molecule has 1 saturated heterocycles. The van der Waals surface area contributed by atoms with Gasteiger partial charge in [0.1, 0.15) is 0 Å². The van der Waals surface area contributed by atoms with E-state index in [1.54, 1.807) is 0 Å². The Kier molecular flexibility index (Phi) is 4.59. The number of pyridine rings is 1. The van der Waals surface area contributed by atoms with Crippen LogP contribution in [-0.2, 0) is 0 Å². The molecule has 1 aliphatic heterocycles. The van der Waals surface area contributed by atoms with E-state index in [9.17, 15) is 0 Å². The largest absolute Gasteiger partial charge is 0.370 e. The minimum atomic E-state index is 0.0730. The van der Waals surface area contributed by atoms with Crippen LogP contribution >= 0.6 is 0 Å². The Morgan fingerprint density at radius 2 is 2.28 bits per heavy atom. The lowest BCUT2D eigenvalue weighted by Gasteiger charge is -2.33. The number of nitrogens with two attached hydrogens (primary N) is 1. The van der Waals surface area contributed by atoms with Crippen molar-refractivity contribution >= 4 is 5.69 Å². The third-order valence-corrected chi connectivity index (χ3v) is 4.05. The van der Waals surface area contributed by atoms with Crippen molar-refractivity contribution in [3.63, 3.8) is 0 Å². The fourth-order valence-electron chi connectivity index (χ4n) is 2.65. The molecule has 0 bridgehead atoms.